The summed E-state index contributed by atoms with van der Waals surface area (Å²) in [5, 5.41) is 12.1. The van der Waals surface area contributed by atoms with Crippen molar-refractivity contribution in [1.82, 2.24) is 20.4 Å². The second-order valence-corrected chi connectivity index (χ2v) is 6.04. The normalized spacial score (nSPS) is 11.2. The van der Waals surface area contributed by atoms with Crippen LogP contribution in [-0.4, -0.2) is 22.8 Å². The molecule has 0 aliphatic heterocycles. The first-order valence-corrected chi connectivity index (χ1v) is 8.69. The van der Waals surface area contributed by atoms with Gasteiger partial charge in [-0.15, -0.1) is 24.0 Å². The van der Waals surface area contributed by atoms with Gasteiger partial charge in [0.05, 0.1) is 5.69 Å². The molecule has 0 amide bonds. The van der Waals surface area contributed by atoms with Crippen molar-refractivity contribution in [2.45, 2.75) is 39.8 Å². The maximum absolute atomic E-state index is 5.91. The minimum Gasteiger partial charge on any atom is -0.352 e. The number of aryl methyl sites for hydroxylation is 2. The van der Waals surface area contributed by atoms with Crippen LogP contribution in [0.2, 0.25) is 5.02 Å². The van der Waals surface area contributed by atoms with E-state index in [0.29, 0.717) is 6.54 Å². The molecule has 0 radical (unpaired) electrons. The molecule has 2 N–H and O–H groups in total. The summed E-state index contributed by atoms with van der Waals surface area (Å²) in [6, 6.07) is 7.80. The fourth-order valence-corrected chi connectivity index (χ4v) is 2.90. The highest BCUT2D eigenvalue weighted by Gasteiger charge is 2.13. The van der Waals surface area contributed by atoms with Gasteiger partial charge < -0.3 is 10.6 Å². The molecule has 0 aliphatic rings. The molecule has 0 saturated carbocycles. The highest BCUT2D eigenvalue weighted by Crippen LogP contribution is 2.15. The SMILES string of the molecule is CCc1nn(C)c(CC)c1CNC(=NC)NCc1ccc(Cl)cc1.I. The van der Waals surface area contributed by atoms with Crippen molar-refractivity contribution < 1.29 is 0 Å². The van der Waals surface area contributed by atoms with E-state index >= 15 is 0 Å². The van der Waals surface area contributed by atoms with E-state index in [1.54, 1.807) is 7.05 Å². The number of guanidine groups is 1. The van der Waals surface area contributed by atoms with Crippen molar-refractivity contribution in [1.29, 1.82) is 0 Å². The van der Waals surface area contributed by atoms with Crippen LogP contribution in [0.15, 0.2) is 29.3 Å². The van der Waals surface area contributed by atoms with Crippen LogP contribution in [0.5, 0.6) is 0 Å². The minimum absolute atomic E-state index is 0. The number of benzene rings is 1. The molecule has 1 aromatic heterocycles. The molecule has 5 nitrogen and oxygen atoms in total. The van der Waals surface area contributed by atoms with E-state index in [-0.39, 0.29) is 24.0 Å². The summed E-state index contributed by atoms with van der Waals surface area (Å²) in [6.45, 7) is 5.72. The van der Waals surface area contributed by atoms with Crippen molar-refractivity contribution in [3.05, 3.63) is 51.8 Å². The Balaban J connectivity index is 0.00000312. The fourth-order valence-electron chi connectivity index (χ4n) is 2.77. The predicted molar refractivity (Wildman–Crippen MR) is 116 cm³/mol. The molecule has 0 aliphatic carbocycles. The Morgan fingerprint density at radius 1 is 1.12 bits per heavy atom. The second-order valence-electron chi connectivity index (χ2n) is 5.61. The van der Waals surface area contributed by atoms with Gasteiger partial charge in [0.2, 0.25) is 0 Å². The number of hydrogen-bond donors (Lipinski definition) is 2. The second kappa shape index (κ2) is 10.7. The largest absolute Gasteiger partial charge is 0.352 e. The quantitative estimate of drug-likeness (QED) is 0.381. The number of aromatic nitrogens is 2. The zero-order valence-corrected chi connectivity index (χ0v) is 18.4. The van der Waals surface area contributed by atoms with Gasteiger partial charge in [-0.25, -0.2) is 0 Å². The molecule has 0 fully saturated rings. The van der Waals surface area contributed by atoms with Crippen LogP contribution in [0.25, 0.3) is 0 Å². The zero-order chi connectivity index (χ0) is 17.5. The summed E-state index contributed by atoms with van der Waals surface area (Å²) < 4.78 is 1.99. The minimum atomic E-state index is 0. The monoisotopic (exact) mass is 475 g/mol. The van der Waals surface area contributed by atoms with Gasteiger partial charge >= 0.3 is 0 Å². The Morgan fingerprint density at radius 2 is 1.76 bits per heavy atom. The Morgan fingerprint density at radius 3 is 2.32 bits per heavy atom. The molecule has 0 saturated heterocycles. The molecule has 25 heavy (non-hydrogen) atoms. The van der Waals surface area contributed by atoms with Gasteiger partial charge in [0.1, 0.15) is 0 Å². The van der Waals surface area contributed by atoms with Crippen LogP contribution in [-0.2, 0) is 33.0 Å². The van der Waals surface area contributed by atoms with Crippen molar-refractivity contribution >= 4 is 41.5 Å². The Labute approximate surface area is 172 Å². The average molecular weight is 476 g/mol. The first-order valence-electron chi connectivity index (χ1n) is 8.31. The van der Waals surface area contributed by atoms with E-state index in [2.05, 4.69) is 34.6 Å². The highest BCUT2D eigenvalue weighted by molar-refractivity contribution is 14.0. The predicted octanol–water partition coefficient (Wildman–Crippen LogP) is 3.68. The van der Waals surface area contributed by atoms with E-state index in [4.69, 9.17) is 11.6 Å². The van der Waals surface area contributed by atoms with Gasteiger partial charge in [-0.05, 0) is 30.5 Å². The lowest BCUT2D eigenvalue weighted by atomic mass is 10.1. The Hall–Kier alpha value is -1.28. The number of hydrogen-bond acceptors (Lipinski definition) is 2. The van der Waals surface area contributed by atoms with Gasteiger partial charge in [-0.1, -0.05) is 37.6 Å². The van der Waals surface area contributed by atoms with E-state index in [1.165, 1.54) is 11.3 Å². The lowest BCUT2D eigenvalue weighted by Crippen LogP contribution is -2.36. The Bertz CT molecular complexity index is 694. The number of rotatable bonds is 6. The van der Waals surface area contributed by atoms with E-state index in [1.807, 2.05) is 36.0 Å². The number of aliphatic imine (C=N–C) groups is 1. The van der Waals surface area contributed by atoms with Crippen LogP contribution in [0, 0.1) is 0 Å². The lowest BCUT2D eigenvalue weighted by molar-refractivity contribution is 0.702. The third-order valence-corrected chi connectivity index (χ3v) is 4.31. The summed E-state index contributed by atoms with van der Waals surface area (Å²) in [5.41, 5.74) is 4.85. The summed E-state index contributed by atoms with van der Waals surface area (Å²) in [7, 11) is 3.79. The Kier molecular flexibility index (Phi) is 9.27. The van der Waals surface area contributed by atoms with Crippen molar-refractivity contribution in [3.63, 3.8) is 0 Å². The standard InChI is InChI=1S/C18H26ClN5.HI/c1-5-16-15(17(6-2)24(4)23-16)12-22-18(20-3)21-11-13-7-9-14(19)10-8-13;/h7-10H,5-6,11-12H2,1-4H3,(H2,20,21,22);1H. The zero-order valence-electron chi connectivity index (χ0n) is 15.3. The van der Waals surface area contributed by atoms with Crippen LogP contribution in [0.4, 0.5) is 0 Å². The van der Waals surface area contributed by atoms with Crippen molar-refractivity contribution in [3.8, 4) is 0 Å². The van der Waals surface area contributed by atoms with Crippen molar-refractivity contribution in [2.75, 3.05) is 7.05 Å². The molecular formula is C18H27ClIN5. The van der Waals surface area contributed by atoms with Gasteiger partial charge in [-0.3, -0.25) is 9.67 Å². The topological polar surface area (TPSA) is 54.2 Å². The number of halogens is 2. The summed E-state index contributed by atoms with van der Waals surface area (Å²) in [5.74, 6) is 0.776. The summed E-state index contributed by atoms with van der Waals surface area (Å²) >= 11 is 5.91. The first kappa shape index (κ1) is 21.8. The maximum Gasteiger partial charge on any atom is 0.191 e. The summed E-state index contributed by atoms with van der Waals surface area (Å²) in [4.78, 5) is 4.29. The molecule has 2 aromatic rings. The third-order valence-electron chi connectivity index (χ3n) is 4.06. The molecule has 0 unspecified atom stereocenters. The molecular weight excluding hydrogens is 449 g/mol. The van der Waals surface area contributed by atoms with Crippen LogP contribution in [0.3, 0.4) is 0 Å². The van der Waals surface area contributed by atoms with Gasteiger partial charge in [0.25, 0.3) is 0 Å². The van der Waals surface area contributed by atoms with Crippen LogP contribution < -0.4 is 10.6 Å². The molecule has 1 heterocycles. The molecule has 1 aromatic carbocycles. The van der Waals surface area contributed by atoms with E-state index < -0.39 is 0 Å². The van der Waals surface area contributed by atoms with Crippen molar-refractivity contribution in [2.24, 2.45) is 12.0 Å². The van der Waals surface area contributed by atoms with Gasteiger partial charge in [0.15, 0.2) is 5.96 Å². The first-order chi connectivity index (χ1) is 11.6. The molecule has 2 rings (SSSR count). The van der Waals surface area contributed by atoms with E-state index in [0.717, 1.165) is 41.6 Å². The molecule has 7 heteroatoms. The van der Waals surface area contributed by atoms with E-state index in [9.17, 15) is 0 Å². The average Bonchev–Trinajstić information content (AvgIpc) is 2.91. The third kappa shape index (κ3) is 5.88. The molecule has 0 bridgehead atoms. The highest BCUT2D eigenvalue weighted by atomic mass is 127. The van der Waals surface area contributed by atoms with Crippen LogP contribution >= 0.6 is 35.6 Å². The molecule has 138 valence electrons. The lowest BCUT2D eigenvalue weighted by Gasteiger charge is -2.13. The summed E-state index contributed by atoms with van der Waals surface area (Å²) in [6.07, 6.45) is 1.90. The molecule has 0 atom stereocenters. The van der Waals surface area contributed by atoms with Crippen LogP contribution in [0.1, 0.15) is 36.4 Å². The maximum atomic E-state index is 5.91. The van der Waals surface area contributed by atoms with Gasteiger partial charge in [-0.2, -0.15) is 5.10 Å². The number of nitrogens with zero attached hydrogens (tertiary/aromatic N) is 3. The fraction of sp³-hybridized carbons (Fsp3) is 0.444. The smallest absolute Gasteiger partial charge is 0.191 e. The van der Waals surface area contributed by atoms with Gasteiger partial charge in [0, 0.05) is 43.5 Å². The number of nitrogens with one attached hydrogen (secondary N) is 2. The molecule has 0 spiro atoms.